The molecule has 8 N–H and O–H groups in total. The van der Waals surface area contributed by atoms with Gasteiger partial charge in [-0.3, -0.25) is 9.59 Å². The molecule has 0 amide bonds. The third-order valence-corrected chi connectivity index (χ3v) is 9.32. The average molecular weight is 693 g/mol. The van der Waals surface area contributed by atoms with Crippen molar-refractivity contribution in [3.8, 4) is 57.3 Å². The van der Waals surface area contributed by atoms with Gasteiger partial charge in [0.1, 0.15) is 62.7 Å². The molecule has 0 bridgehead atoms. The normalized spacial score (nSPS) is 17.2. The van der Waals surface area contributed by atoms with Gasteiger partial charge in [0.2, 0.25) is 5.43 Å². The number of fused-ring (bicyclic) bond motifs is 1. The molecule has 0 fully saturated rings. The van der Waals surface area contributed by atoms with Crippen LogP contribution in [0.4, 0.5) is 0 Å². The number of hydrogen-bond acceptors (Lipinski definition) is 11. The molecule has 1 heterocycles. The van der Waals surface area contributed by atoms with Gasteiger partial charge in [0, 0.05) is 53.1 Å². The Hall–Kier alpha value is -6.36. The van der Waals surface area contributed by atoms with Gasteiger partial charge < -0.3 is 45.3 Å². The Morgan fingerprint density at radius 1 is 0.784 bits per heavy atom. The molecular weight excluding hydrogens is 656 g/mol. The number of Topliss-reactive ketones (excluding diaryl/α,β-unsaturated/α-hetero) is 1. The van der Waals surface area contributed by atoms with E-state index in [1.54, 1.807) is 19.1 Å². The molecule has 11 nitrogen and oxygen atoms in total. The highest BCUT2D eigenvalue weighted by Crippen LogP contribution is 2.53. The fourth-order valence-electron chi connectivity index (χ4n) is 7.00. The fraction of sp³-hybridized carbons (Fsp3) is 0.200. The number of benzene rings is 4. The van der Waals surface area contributed by atoms with Gasteiger partial charge in [-0.25, -0.2) is 0 Å². The van der Waals surface area contributed by atoms with Crippen LogP contribution in [0.25, 0.3) is 22.3 Å². The zero-order valence-corrected chi connectivity index (χ0v) is 27.9. The van der Waals surface area contributed by atoms with E-state index in [4.69, 9.17) is 4.42 Å². The molecule has 262 valence electrons. The minimum absolute atomic E-state index is 0.0395. The topological polar surface area (TPSA) is 209 Å². The van der Waals surface area contributed by atoms with Gasteiger partial charge >= 0.3 is 0 Å². The molecule has 0 saturated carbocycles. The fourth-order valence-corrected chi connectivity index (χ4v) is 7.00. The third-order valence-electron chi connectivity index (χ3n) is 9.32. The molecule has 0 saturated heterocycles. The van der Waals surface area contributed by atoms with Gasteiger partial charge in [-0.1, -0.05) is 29.4 Å². The molecule has 3 atom stereocenters. The molecule has 1 aromatic heterocycles. The number of carbonyl (C=O) groups excluding carboxylic acids is 1. The summed E-state index contributed by atoms with van der Waals surface area (Å²) in [6, 6.07) is 12.2. The van der Waals surface area contributed by atoms with Gasteiger partial charge in [0.25, 0.3) is 0 Å². The van der Waals surface area contributed by atoms with E-state index in [0.717, 1.165) is 35.4 Å². The van der Waals surface area contributed by atoms with Crippen molar-refractivity contribution < 1.29 is 50.1 Å². The minimum atomic E-state index is -1.21. The molecule has 1 unspecified atom stereocenters. The number of hydrogen-bond donors (Lipinski definition) is 8. The predicted molar refractivity (Wildman–Crippen MR) is 189 cm³/mol. The predicted octanol–water partition coefficient (Wildman–Crippen LogP) is 7.33. The van der Waals surface area contributed by atoms with E-state index in [0.29, 0.717) is 0 Å². The van der Waals surface area contributed by atoms with Gasteiger partial charge in [-0.15, -0.1) is 0 Å². The largest absolute Gasteiger partial charge is 0.508 e. The van der Waals surface area contributed by atoms with Crippen LogP contribution in [0.3, 0.4) is 0 Å². The number of phenols is 8. The second-order valence-electron chi connectivity index (χ2n) is 13.1. The number of aromatic hydroxyl groups is 8. The van der Waals surface area contributed by atoms with Crippen LogP contribution < -0.4 is 5.43 Å². The van der Waals surface area contributed by atoms with Crippen LogP contribution in [-0.2, 0) is 6.42 Å². The summed E-state index contributed by atoms with van der Waals surface area (Å²) in [5, 5.41) is 85.2. The lowest BCUT2D eigenvalue weighted by atomic mass is 9.65. The number of allylic oxidation sites excluding steroid dienone is 4. The summed E-state index contributed by atoms with van der Waals surface area (Å²) in [5.74, 6) is -6.99. The lowest BCUT2D eigenvalue weighted by Gasteiger charge is -2.37. The minimum Gasteiger partial charge on any atom is -0.508 e. The molecular formula is C40H36O11. The van der Waals surface area contributed by atoms with Crippen molar-refractivity contribution in [2.24, 2.45) is 5.92 Å². The summed E-state index contributed by atoms with van der Waals surface area (Å²) >= 11 is 0. The first-order valence-corrected chi connectivity index (χ1v) is 16.1. The van der Waals surface area contributed by atoms with Crippen LogP contribution in [-0.4, -0.2) is 46.6 Å². The first kappa shape index (κ1) is 34.5. The van der Waals surface area contributed by atoms with Crippen molar-refractivity contribution in [1.29, 1.82) is 0 Å². The van der Waals surface area contributed by atoms with Crippen LogP contribution in [0, 0.1) is 5.92 Å². The quantitative estimate of drug-likeness (QED) is 0.0625. The lowest BCUT2D eigenvalue weighted by molar-refractivity contribution is 0.0877. The molecule has 51 heavy (non-hydrogen) atoms. The molecule has 1 aliphatic carbocycles. The lowest BCUT2D eigenvalue weighted by Crippen LogP contribution is -2.32. The van der Waals surface area contributed by atoms with Gasteiger partial charge in [0.15, 0.2) is 5.78 Å². The summed E-state index contributed by atoms with van der Waals surface area (Å²) in [6.07, 6.45) is 3.73. The van der Waals surface area contributed by atoms with Gasteiger partial charge in [-0.2, -0.15) is 0 Å². The number of carbonyl (C=O) groups is 1. The van der Waals surface area contributed by atoms with Gasteiger partial charge in [0.05, 0.1) is 11.1 Å². The molecule has 11 heteroatoms. The highest BCUT2D eigenvalue weighted by molar-refractivity contribution is 6.02. The first-order chi connectivity index (χ1) is 24.2. The highest BCUT2D eigenvalue weighted by Gasteiger charge is 2.43. The third kappa shape index (κ3) is 6.29. The smallest absolute Gasteiger partial charge is 0.200 e. The zero-order valence-electron chi connectivity index (χ0n) is 27.9. The van der Waals surface area contributed by atoms with Crippen LogP contribution in [0.15, 0.2) is 93.2 Å². The van der Waals surface area contributed by atoms with Crippen molar-refractivity contribution in [2.45, 2.75) is 45.4 Å². The maximum atomic E-state index is 14.6. The molecule has 5 aromatic rings. The maximum absolute atomic E-state index is 14.6. The van der Waals surface area contributed by atoms with E-state index in [-0.39, 0.29) is 80.4 Å². The van der Waals surface area contributed by atoms with E-state index in [2.05, 4.69) is 0 Å². The van der Waals surface area contributed by atoms with Gasteiger partial charge in [-0.05, 0) is 69.5 Å². The Balaban J connectivity index is 1.70. The van der Waals surface area contributed by atoms with E-state index >= 15 is 0 Å². The van der Waals surface area contributed by atoms with E-state index in [9.17, 15) is 50.4 Å². The first-order valence-electron chi connectivity index (χ1n) is 16.1. The Labute approximate surface area is 291 Å². The molecule has 0 aliphatic heterocycles. The van der Waals surface area contributed by atoms with Crippen molar-refractivity contribution in [3.05, 3.63) is 116 Å². The molecule has 0 radical (unpaired) electrons. The monoisotopic (exact) mass is 692 g/mol. The summed E-state index contributed by atoms with van der Waals surface area (Å²) < 4.78 is 6.45. The van der Waals surface area contributed by atoms with Crippen LogP contribution in [0.5, 0.6) is 46.0 Å². The van der Waals surface area contributed by atoms with Crippen molar-refractivity contribution >= 4 is 16.8 Å². The van der Waals surface area contributed by atoms with Crippen LogP contribution in [0.2, 0.25) is 0 Å². The summed E-state index contributed by atoms with van der Waals surface area (Å²) in [5.41, 5.74) is 0.810. The van der Waals surface area contributed by atoms with Crippen molar-refractivity contribution in [2.75, 3.05) is 0 Å². The van der Waals surface area contributed by atoms with E-state index < -0.39 is 52.0 Å². The molecule has 6 rings (SSSR count). The summed E-state index contributed by atoms with van der Waals surface area (Å²) in [4.78, 5) is 29.0. The van der Waals surface area contributed by atoms with Crippen molar-refractivity contribution in [3.63, 3.8) is 0 Å². The van der Waals surface area contributed by atoms with Crippen LogP contribution in [0.1, 0.15) is 66.1 Å². The number of phenolic OH excluding ortho intramolecular Hbond substituents is 8. The standard InChI is InChI=1S/C40H36O11/c1-18(2)4-8-26-38(50)36-33(48)17-32(47)35(40(36)51-39(26)25-11-7-22(43)16-31(25)46)28-13-19(3)12-27(23-9-5-20(41)14-29(23)44)34(28)37(49)24-10-6-21(42)15-30(24)45/h4-7,9-11,13-17,27-28,34,41-48H,8,12H2,1-3H3/t27?,28-,34-/m0/s1. The van der Waals surface area contributed by atoms with Crippen LogP contribution >= 0.6 is 0 Å². The Bertz CT molecular complexity index is 2340. The average Bonchev–Trinajstić information content (AvgIpc) is 3.03. The number of ketones is 1. The summed E-state index contributed by atoms with van der Waals surface area (Å²) in [7, 11) is 0. The second kappa shape index (κ2) is 13.2. The Morgan fingerprint density at radius 2 is 1.41 bits per heavy atom. The molecule has 0 spiro atoms. The van der Waals surface area contributed by atoms with Crippen molar-refractivity contribution in [1.82, 2.24) is 0 Å². The Kier molecular flexibility index (Phi) is 8.90. The Morgan fingerprint density at radius 3 is 2.04 bits per heavy atom. The molecule has 4 aromatic carbocycles. The second-order valence-corrected chi connectivity index (χ2v) is 13.1. The van der Waals surface area contributed by atoms with E-state index in [1.807, 2.05) is 13.8 Å². The SMILES string of the molecule is CC(C)=CCc1c(-c2ccc(O)cc2O)oc2c([C@H]3C=C(C)CC(c4ccc(O)cc4O)[C@@H]3C(=O)c3ccc(O)cc3O)c(O)cc(O)c2c1=O. The summed E-state index contributed by atoms with van der Waals surface area (Å²) in [6.45, 7) is 5.44. The zero-order chi connectivity index (χ0) is 36.9. The van der Waals surface area contributed by atoms with E-state index in [1.165, 1.54) is 36.4 Å². The molecule has 1 aliphatic rings. The maximum Gasteiger partial charge on any atom is 0.200 e. The number of rotatable bonds is 7. The highest BCUT2D eigenvalue weighted by atomic mass is 16.3.